The fraction of sp³-hybridized carbons (Fsp3) is 0.300. The molecule has 1 N–H and O–H groups in total. The fourth-order valence-electron chi connectivity index (χ4n) is 2.59. The Balaban J connectivity index is 1.97. The minimum atomic E-state index is -0.669. The van der Waals surface area contributed by atoms with Crippen LogP contribution in [-0.2, 0) is 20.7 Å². The molecule has 2 aromatic rings. The normalized spacial score (nSPS) is 10.2. The molecule has 0 unspecified atom stereocenters. The molecule has 0 fully saturated rings. The molecule has 0 radical (unpaired) electrons. The average Bonchev–Trinajstić information content (AvgIpc) is 2.68. The monoisotopic (exact) mass is 402 g/mol. The van der Waals surface area contributed by atoms with Gasteiger partial charge in [0.05, 0.1) is 25.6 Å². The largest absolute Gasteiger partial charge is 0.493 e. The summed E-state index contributed by atoms with van der Waals surface area (Å²) in [6.45, 7) is 2.96. The number of aryl methyl sites for hydroxylation is 2. The maximum Gasteiger partial charge on any atom is 0.310 e. The van der Waals surface area contributed by atoms with Gasteiger partial charge in [-0.3, -0.25) is 19.7 Å². The van der Waals surface area contributed by atoms with E-state index in [-0.39, 0.29) is 17.8 Å². The molecule has 9 nitrogen and oxygen atoms in total. The van der Waals surface area contributed by atoms with Gasteiger partial charge < -0.3 is 19.5 Å². The van der Waals surface area contributed by atoms with Crippen LogP contribution in [-0.4, -0.2) is 37.6 Å². The number of benzene rings is 2. The number of methoxy groups -OCH3 is 2. The Bertz CT molecular complexity index is 941. The number of amides is 1. The number of esters is 1. The minimum Gasteiger partial charge on any atom is -0.493 e. The topological polar surface area (TPSA) is 117 Å². The summed E-state index contributed by atoms with van der Waals surface area (Å²) in [6.07, 6.45) is -0.0720. The van der Waals surface area contributed by atoms with Gasteiger partial charge in [-0.2, -0.15) is 0 Å². The molecule has 0 aliphatic rings. The van der Waals surface area contributed by atoms with Gasteiger partial charge in [-0.15, -0.1) is 0 Å². The second-order valence-electron chi connectivity index (χ2n) is 6.29. The van der Waals surface area contributed by atoms with Gasteiger partial charge in [-0.25, -0.2) is 0 Å². The molecule has 154 valence electrons. The van der Waals surface area contributed by atoms with E-state index >= 15 is 0 Å². The summed E-state index contributed by atoms with van der Waals surface area (Å²) in [5, 5.41) is 13.6. The van der Waals surface area contributed by atoms with E-state index in [2.05, 4.69) is 5.32 Å². The van der Waals surface area contributed by atoms with Crippen molar-refractivity contribution in [1.82, 2.24) is 0 Å². The maximum atomic E-state index is 12.1. The fourth-order valence-corrected chi connectivity index (χ4v) is 2.59. The maximum absolute atomic E-state index is 12.1. The van der Waals surface area contributed by atoms with Crippen LogP contribution in [0.15, 0.2) is 30.3 Å². The third kappa shape index (κ3) is 5.68. The Morgan fingerprint density at radius 2 is 1.69 bits per heavy atom. The van der Waals surface area contributed by atoms with Crippen molar-refractivity contribution >= 4 is 23.3 Å². The molecule has 1 amide bonds. The molecule has 0 saturated carbocycles. The van der Waals surface area contributed by atoms with Crippen molar-refractivity contribution < 1.29 is 28.7 Å². The van der Waals surface area contributed by atoms with Crippen LogP contribution in [0.5, 0.6) is 11.5 Å². The number of ether oxygens (including phenoxy) is 3. The highest BCUT2D eigenvalue weighted by molar-refractivity contribution is 5.95. The summed E-state index contributed by atoms with van der Waals surface area (Å²) >= 11 is 0. The first-order valence-corrected chi connectivity index (χ1v) is 8.67. The van der Waals surface area contributed by atoms with E-state index in [9.17, 15) is 19.7 Å². The van der Waals surface area contributed by atoms with Crippen molar-refractivity contribution in [3.05, 3.63) is 57.1 Å². The highest BCUT2D eigenvalue weighted by Crippen LogP contribution is 2.28. The first kappa shape index (κ1) is 21.7. The average molecular weight is 402 g/mol. The number of carbonyl (C=O) groups excluding carboxylic acids is 2. The van der Waals surface area contributed by atoms with E-state index in [1.54, 1.807) is 32.0 Å². The zero-order valence-corrected chi connectivity index (χ0v) is 16.6. The lowest BCUT2D eigenvalue weighted by atomic mass is 10.1. The zero-order valence-electron chi connectivity index (χ0n) is 16.6. The standard InChI is InChI=1S/C20H22N2O7/c1-12-7-15(16(22(25)26)8-13(12)2)21-19(23)11-29-20(24)10-14-5-6-17(27-3)18(9-14)28-4/h5-9H,10-11H2,1-4H3,(H,21,23). The summed E-state index contributed by atoms with van der Waals surface area (Å²) in [6, 6.07) is 7.87. The molecule has 2 aromatic carbocycles. The summed E-state index contributed by atoms with van der Waals surface area (Å²) in [7, 11) is 2.99. The van der Waals surface area contributed by atoms with Crippen molar-refractivity contribution in [3.8, 4) is 11.5 Å². The molecule has 0 aliphatic carbocycles. The van der Waals surface area contributed by atoms with E-state index < -0.39 is 23.4 Å². The summed E-state index contributed by atoms with van der Waals surface area (Å²) in [5.74, 6) is -0.296. The first-order valence-electron chi connectivity index (χ1n) is 8.67. The molecular formula is C20H22N2O7. The molecule has 29 heavy (non-hydrogen) atoms. The lowest BCUT2D eigenvalue weighted by molar-refractivity contribution is -0.384. The van der Waals surface area contributed by atoms with Gasteiger partial charge in [0.15, 0.2) is 18.1 Å². The molecular weight excluding hydrogens is 380 g/mol. The Kier molecular flexibility index (Phi) is 7.13. The molecule has 0 saturated heterocycles. The van der Waals surface area contributed by atoms with Crippen LogP contribution in [0.3, 0.4) is 0 Å². The van der Waals surface area contributed by atoms with Crippen molar-refractivity contribution in [2.45, 2.75) is 20.3 Å². The van der Waals surface area contributed by atoms with Crippen molar-refractivity contribution in [3.63, 3.8) is 0 Å². The smallest absolute Gasteiger partial charge is 0.310 e. The van der Waals surface area contributed by atoms with Gasteiger partial charge in [-0.1, -0.05) is 6.07 Å². The van der Waals surface area contributed by atoms with Gasteiger partial charge in [0, 0.05) is 6.07 Å². The molecule has 0 spiro atoms. The predicted octanol–water partition coefficient (Wildman–Crippen LogP) is 2.95. The lowest BCUT2D eigenvalue weighted by Gasteiger charge is -2.10. The van der Waals surface area contributed by atoms with E-state index in [1.807, 2.05) is 0 Å². The van der Waals surface area contributed by atoms with Gasteiger partial charge in [0.25, 0.3) is 11.6 Å². The van der Waals surface area contributed by atoms with Crippen LogP contribution in [0.2, 0.25) is 0 Å². The van der Waals surface area contributed by atoms with E-state index in [0.29, 0.717) is 17.1 Å². The highest BCUT2D eigenvalue weighted by Gasteiger charge is 2.18. The molecule has 0 heterocycles. The number of nitrogens with zero attached hydrogens (tertiary/aromatic N) is 1. The number of rotatable bonds is 8. The molecule has 0 atom stereocenters. The van der Waals surface area contributed by atoms with Crippen LogP contribution in [0.4, 0.5) is 11.4 Å². The van der Waals surface area contributed by atoms with Crippen LogP contribution in [0.25, 0.3) is 0 Å². The molecule has 0 aromatic heterocycles. The zero-order chi connectivity index (χ0) is 21.6. The third-order valence-corrected chi connectivity index (χ3v) is 4.24. The van der Waals surface area contributed by atoms with Crippen molar-refractivity contribution in [2.24, 2.45) is 0 Å². The number of hydrogen-bond acceptors (Lipinski definition) is 7. The van der Waals surface area contributed by atoms with Crippen LogP contribution >= 0.6 is 0 Å². The van der Waals surface area contributed by atoms with Gasteiger partial charge in [0.2, 0.25) is 0 Å². The van der Waals surface area contributed by atoms with Crippen LogP contribution in [0.1, 0.15) is 16.7 Å². The predicted molar refractivity (Wildman–Crippen MR) is 105 cm³/mol. The van der Waals surface area contributed by atoms with Gasteiger partial charge in [-0.05, 0) is 48.7 Å². The lowest BCUT2D eigenvalue weighted by Crippen LogP contribution is -2.22. The molecule has 9 heteroatoms. The van der Waals surface area contributed by atoms with E-state index in [0.717, 1.165) is 11.1 Å². The Morgan fingerprint density at radius 3 is 2.31 bits per heavy atom. The van der Waals surface area contributed by atoms with E-state index in [1.165, 1.54) is 26.4 Å². The Labute approximate surface area is 167 Å². The number of carbonyl (C=O) groups is 2. The number of nitro benzene ring substituents is 1. The van der Waals surface area contributed by atoms with E-state index in [4.69, 9.17) is 14.2 Å². The number of nitrogens with one attached hydrogen (secondary N) is 1. The SMILES string of the molecule is COc1ccc(CC(=O)OCC(=O)Nc2cc(C)c(C)cc2[N+](=O)[O-])cc1OC. The van der Waals surface area contributed by atoms with Crippen LogP contribution < -0.4 is 14.8 Å². The molecule has 0 bridgehead atoms. The van der Waals surface area contributed by atoms with Gasteiger partial charge >= 0.3 is 5.97 Å². The molecule has 2 rings (SSSR count). The number of anilines is 1. The summed E-state index contributed by atoms with van der Waals surface area (Å²) in [4.78, 5) is 34.7. The first-order chi connectivity index (χ1) is 13.7. The summed E-state index contributed by atoms with van der Waals surface area (Å²) in [5.41, 5.74) is 1.97. The van der Waals surface area contributed by atoms with Crippen molar-refractivity contribution in [1.29, 1.82) is 0 Å². The second-order valence-corrected chi connectivity index (χ2v) is 6.29. The highest BCUT2D eigenvalue weighted by atomic mass is 16.6. The third-order valence-electron chi connectivity index (χ3n) is 4.24. The molecule has 0 aliphatic heterocycles. The Morgan fingerprint density at radius 1 is 1.03 bits per heavy atom. The second kappa shape index (κ2) is 9.54. The Hall–Kier alpha value is -3.62. The van der Waals surface area contributed by atoms with Crippen LogP contribution in [0, 0.1) is 24.0 Å². The summed E-state index contributed by atoms with van der Waals surface area (Å²) < 4.78 is 15.3. The van der Waals surface area contributed by atoms with Gasteiger partial charge in [0.1, 0.15) is 5.69 Å². The minimum absolute atomic E-state index is 0.0547. The quantitative estimate of drug-likeness (QED) is 0.410. The number of nitro groups is 1. The number of hydrogen-bond donors (Lipinski definition) is 1. The van der Waals surface area contributed by atoms with Crippen molar-refractivity contribution in [2.75, 3.05) is 26.1 Å².